The third kappa shape index (κ3) is 2.76. The summed E-state index contributed by atoms with van der Waals surface area (Å²) in [4.78, 5) is 33.1. The van der Waals surface area contributed by atoms with E-state index in [1.165, 1.54) is 13.8 Å². The summed E-state index contributed by atoms with van der Waals surface area (Å²) in [6, 6.07) is 0. The lowest BCUT2D eigenvalue weighted by Crippen LogP contribution is -2.21. The summed E-state index contributed by atoms with van der Waals surface area (Å²) in [7, 11) is 0. The van der Waals surface area contributed by atoms with Crippen molar-refractivity contribution in [3.8, 4) is 0 Å². The molecule has 0 aliphatic carbocycles. The average molecular weight is 294 g/mol. The standard InChI is InChI=1S/C14H18N2O5/c1-7-8(2)12(15(18)19)13(16(20)21)11(14(4,5)6)10(7)9(3)17/h1-6H3. The van der Waals surface area contributed by atoms with Crippen molar-refractivity contribution in [3.63, 3.8) is 0 Å². The van der Waals surface area contributed by atoms with Crippen LogP contribution in [0.5, 0.6) is 0 Å². The summed E-state index contributed by atoms with van der Waals surface area (Å²) in [5.74, 6) is -0.335. The number of hydrogen-bond acceptors (Lipinski definition) is 5. The van der Waals surface area contributed by atoms with E-state index in [0.717, 1.165) is 0 Å². The Balaban J connectivity index is 4.19. The highest BCUT2D eigenvalue weighted by Crippen LogP contribution is 2.44. The first-order valence-electron chi connectivity index (χ1n) is 6.38. The number of carbonyl (C=O) groups is 1. The fourth-order valence-electron chi connectivity index (χ4n) is 2.54. The van der Waals surface area contributed by atoms with Crippen LogP contribution in [0.1, 0.15) is 54.7 Å². The Morgan fingerprint density at radius 3 is 1.67 bits per heavy atom. The maximum Gasteiger partial charge on any atom is 0.350 e. The van der Waals surface area contributed by atoms with E-state index in [2.05, 4.69) is 0 Å². The molecule has 0 bridgehead atoms. The summed E-state index contributed by atoms with van der Waals surface area (Å²) in [6.45, 7) is 9.41. The second-order valence-corrected chi connectivity index (χ2v) is 6.02. The zero-order valence-corrected chi connectivity index (χ0v) is 12.9. The molecule has 0 aromatic heterocycles. The van der Waals surface area contributed by atoms with Crippen LogP contribution in [0.3, 0.4) is 0 Å². The molecule has 0 aliphatic heterocycles. The smallest absolute Gasteiger partial charge is 0.294 e. The number of carbonyl (C=O) groups excluding carboxylic acids is 1. The van der Waals surface area contributed by atoms with E-state index in [9.17, 15) is 25.0 Å². The second-order valence-electron chi connectivity index (χ2n) is 6.02. The largest absolute Gasteiger partial charge is 0.350 e. The maximum absolute atomic E-state index is 11.9. The molecule has 0 N–H and O–H groups in total. The molecule has 0 spiro atoms. The van der Waals surface area contributed by atoms with Gasteiger partial charge in [-0.15, -0.1) is 0 Å². The molecular formula is C14H18N2O5. The van der Waals surface area contributed by atoms with E-state index in [4.69, 9.17) is 0 Å². The minimum atomic E-state index is -0.771. The average Bonchev–Trinajstić information content (AvgIpc) is 2.28. The lowest BCUT2D eigenvalue weighted by Gasteiger charge is -2.23. The summed E-state index contributed by atoms with van der Waals surface area (Å²) < 4.78 is 0. The molecule has 7 heteroatoms. The van der Waals surface area contributed by atoms with Gasteiger partial charge in [-0.1, -0.05) is 20.8 Å². The van der Waals surface area contributed by atoms with Gasteiger partial charge < -0.3 is 0 Å². The Kier molecular flexibility index (Phi) is 4.17. The first-order valence-corrected chi connectivity index (χ1v) is 6.38. The number of benzene rings is 1. The molecule has 0 atom stereocenters. The normalized spacial score (nSPS) is 11.3. The highest BCUT2D eigenvalue weighted by Gasteiger charge is 2.40. The van der Waals surface area contributed by atoms with E-state index in [1.807, 2.05) is 0 Å². The van der Waals surface area contributed by atoms with Crippen molar-refractivity contribution < 1.29 is 14.6 Å². The van der Waals surface area contributed by atoms with Crippen molar-refractivity contribution in [2.24, 2.45) is 0 Å². The lowest BCUT2D eigenvalue weighted by molar-refractivity contribution is -0.423. The number of nitrogens with zero attached hydrogens (tertiary/aromatic N) is 2. The zero-order valence-electron chi connectivity index (χ0n) is 12.9. The molecule has 0 aliphatic rings. The summed E-state index contributed by atoms with van der Waals surface area (Å²) >= 11 is 0. The summed E-state index contributed by atoms with van der Waals surface area (Å²) in [5.41, 5.74) is -0.984. The van der Waals surface area contributed by atoms with Crippen LogP contribution in [0.2, 0.25) is 0 Å². The van der Waals surface area contributed by atoms with Gasteiger partial charge in [-0.3, -0.25) is 25.0 Å². The van der Waals surface area contributed by atoms with Gasteiger partial charge in [-0.2, -0.15) is 0 Å². The van der Waals surface area contributed by atoms with Crippen molar-refractivity contribution in [2.75, 3.05) is 0 Å². The molecule has 1 aromatic carbocycles. The Bertz CT molecular complexity index is 657. The molecule has 0 fully saturated rings. The van der Waals surface area contributed by atoms with Crippen molar-refractivity contribution >= 4 is 17.2 Å². The van der Waals surface area contributed by atoms with Gasteiger partial charge in [0.1, 0.15) is 0 Å². The van der Waals surface area contributed by atoms with Crippen LogP contribution in [0.4, 0.5) is 11.4 Å². The fourth-order valence-corrected chi connectivity index (χ4v) is 2.54. The van der Waals surface area contributed by atoms with Gasteiger partial charge in [0, 0.05) is 11.1 Å². The summed E-state index contributed by atoms with van der Waals surface area (Å²) in [5, 5.41) is 22.7. The maximum atomic E-state index is 11.9. The van der Waals surface area contributed by atoms with Crippen molar-refractivity contribution in [1.29, 1.82) is 0 Å². The fraction of sp³-hybridized carbons (Fsp3) is 0.500. The van der Waals surface area contributed by atoms with Gasteiger partial charge in [-0.25, -0.2) is 0 Å². The first kappa shape index (κ1) is 16.7. The molecule has 7 nitrogen and oxygen atoms in total. The Morgan fingerprint density at radius 2 is 1.38 bits per heavy atom. The highest BCUT2D eigenvalue weighted by molar-refractivity contribution is 6.00. The van der Waals surface area contributed by atoms with Crippen LogP contribution in [-0.4, -0.2) is 15.6 Å². The Labute approximate surface area is 122 Å². The Hall–Kier alpha value is -2.31. The molecule has 0 saturated carbocycles. The topological polar surface area (TPSA) is 103 Å². The predicted molar refractivity (Wildman–Crippen MR) is 77.9 cm³/mol. The molecule has 0 heterocycles. The van der Waals surface area contributed by atoms with Crippen LogP contribution in [0.25, 0.3) is 0 Å². The number of rotatable bonds is 3. The van der Waals surface area contributed by atoms with E-state index in [0.29, 0.717) is 5.56 Å². The van der Waals surface area contributed by atoms with Gasteiger partial charge in [0.15, 0.2) is 5.78 Å². The van der Waals surface area contributed by atoms with Crippen LogP contribution >= 0.6 is 0 Å². The lowest BCUT2D eigenvalue weighted by atomic mass is 9.78. The van der Waals surface area contributed by atoms with Gasteiger partial charge in [0.2, 0.25) is 0 Å². The SMILES string of the molecule is CC(=O)c1c(C)c(C)c([N+](=O)[O-])c([N+](=O)[O-])c1C(C)(C)C. The number of nitro groups is 2. The van der Waals surface area contributed by atoms with E-state index >= 15 is 0 Å². The predicted octanol–water partition coefficient (Wildman–Crippen LogP) is 3.62. The molecular weight excluding hydrogens is 276 g/mol. The first-order chi connectivity index (χ1) is 9.41. The van der Waals surface area contributed by atoms with Gasteiger partial charge >= 0.3 is 11.4 Å². The zero-order chi connectivity index (χ0) is 16.7. The molecule has 0 unspecified atom stereocenters. The number of Topliss-reactive ketones (excluding diaryl/α,β-unsaturated/α-hetero) is 1. The van der Waals surface area contributed by atoms with E-state index < -0.39 is 26.6 Å². The quantitative estimate of drug-likeness (QED) is 0.481. The third-order valence-corrected chi connectivity index (χ3v) is 3.47. The van der Waals surface area contributed by atoms with E-state index in [-0.39, 0.29) is 22.5 Å². The number of ketones is 1. The van der Waals surface area contributed by atoms with Gasteiger partial charge in [0.25, 0.3) is 0 Å². The van der Waals surface area contributed by atoms with Crippen LogP contribution in [0.15, 0.2) is 0 Å². The molecule has 21 heavy (non-hydrogen) atoms. The molecule has 0 amide bonds. The monoisotopic (exact) mass is 294 g/mol. The minimum Gasteiger partial charge on any atom is -0.294 e. The molecule has 114 valence electrons. The van der Waals surface area contributed by atoms with Gasteiger partial charge in [-0.05, 0) is 31.7 Å². The van der Waals surface area contributed by atoms with Crippen molar-refractivity contribution in [3.05, 3.63) is 42.5 Å². The molecule has 0 radical (unpaired) electrons. The Morgan fingerprint density at radius 1 is 0.952 bits per heavy atom. The number of nitro benzene ring substituents is 2. The van der Waals surface area contributed by atoms with E-state index in [1.54, 1.807) is 27.7 Å². The molecule has 1 aromatic rings. The van der Waals surface area contributed by atoms with Gasteiger partial charge in [0.05, 0.1) is 15.4 Å². The second kappa shape index (κ2) is 5.23. The van der Waals surface area contributed by atoms with Crippen LogP contribution in [-0.2, 0) is 5.41 Å². The van der Waals surface area contributed by atoms with Crippen LogP contribution < -0.4 is 0 Å². The number of hydrogen-bond donors (Lipinski definition) is 0. The van der Waals surface area contributed by atoms with Crippen molar-refractivity contribution in [2.45, 2.75) is 47.0 Å². The third-order valence-electron chi connectivity index (χ3n) is 3.47. The summed E-state index contributed by atoms with van der Waals surface area (Å²) in [6.07, 6.45) is 0. The van der Waals surface area contributed by atoms with Crippen molar-refractivity contribution in [1.82, 2.24) is 0 Å². The highest BCUT2D eigenvalue weighted by atomic mass is 16.6. The molecule has 1 rings (SSSR count). The minimum absolute atomic E-state index is 0.120. The van der Waals surface area contributed by atoms with Crippen LogP contribution in [0, 0.1) is 34.1 Å². The molecule has 0 saturated heterocycles.